The van der Waals surface area contributed by atoms with Crippen LogP contribution in [0.2, 0.25) is 0 Å². The van der Waals surface area contributed by atoms with E-state index in [0.29, 0.717) is 18.0 Å². The van der Waals surface area contributed by atoms with Crippen LogP contribution in [0.15, 0.2) is 42.6 Å². The summed E-state index contributed by atoms with van der Waals surface area (Å²) in [6, 6.07) is 12.1. The molecule has 1 heterocycles. The van der Waals surface area contributed by atoms with E-state index in [1.165, 1.54) is 24.8 Å². The fourth-order valence-corrected chi connectivity index (χ4v) is 3.30. The second-order valence-electron chi connectivity index (χ2n) is 6.77. The monoisotopic (exact) mass is 311 g/mol. The predicted molar refractivity (Wildman–Crippen MR) is 91.3 cm³/mol. The number of nitrogens with zero attached hydrogens (tertiary/aromatic N) is 1. The van der Waals surface area contributed by atoms with Crippen molar-refractivity contribution in [1.82, 2.24) is 4.98 Å². The molecule has 0 bridgehead atoms. The number of rotatable bonds is 5. The van der Waals surface area contributed by atoms with E-state index in [-0.39, 0.29) is 5.82 Å². The minimum Gasteiger partial charge on any atom is -0.381 e. The first-order valence-corrected chi connectivity index (χ1v) is 8.51. The summed E-state index contributed by atoms with van der Waals surface area (Å²) in [6.45, 7) is 0. The van der Waals surface area contributed by atoms with Crippen molar-refractivity contribution >= 4 is 11.5 Å². The molecule has 1 aromatic heterocycles. The molecule has 2 aliphatic carbocycles. The molecule has 23 heavy (non-hydrogen) atoms. The van der Waals surface area contributed by atoms with Crippen LogP contribution in [0.1, 0.15) is 43.6 Å². The van der Waals surface area contributed by atoms with Crippen LogP contribution in [0.25, 0.3) is 0 Å². The molecule has 2 aromatic rings. The molecule has 0 saturated heterocycles. The van der Waals surface area contributed by atoms with Crippen LogP contribution in [-0.4, -0.2) is 17.1 Å². The van der Waals surface area contributed by atoms with Gasteiger partial charge in [0.05, 0.1) is 11.9 Å². The van der Waals surface area contributed by atoms with Gasteiger partial charge in [-0.25, -0.2) is 9.37 Å². The van der Waals surface area contributed by atoms with Gasteiger partial charge in [0.15, 0.2) is 0 Å². The topological polar surface area (TPSA) is 37.0 Å². The Balaban J connectivity index is 1.27. The second-order valence-corrected chi connectivity index (χ2v) is 6.77. The number of pyridine rings is 1. The van der Waals surface area contributed by atoms with Gasteiger partial charge in [0.25, 0.3) is 0 Å². The molecular weight excluding hydrogens is 289 g/mol. The largest absolute Gasteiger partial charge is 0.381 e. The number of anilines is 2. The van der Waals surface area contributed by atoms with Crippen LogP contribution in [0.3, 0.4) is 0 Å². The van der Waals surface area contributed by atoms with Crippen LogP contribution in [-0.2, 0) is 0 Å². The van der Waals surface area contributed by atoms with Gasteiger partial charge in [-0.3, -0.25) is 0 Å². The molecule has 2 N–H and O–H groups in total. The van der Waals surface area contributed by atoms with Crippen LogP contribution in [0, 0.1) is 5.82 Å². The second kappa shape index (κ2) is 6.19. The quantitative estimate of drug-likeness (QED) is 0.851. The first-order valence-electron chi connectivity index (χ1n) is 8.51. The van der Waals surface area contributed by atoms with E-state index in [9.17, 15) is 4.39 Å². The highest BCUT2D eigenvalue weighted by Crippen LogP contribution is 2.38. The molecule has 4 rings (SSSR count). The molecule has 0 atom stereocenters. The van der Waals surface area contributed by atoms with Gasteiger partial charge < -0.3 is 10.6 Å². The van der Waals surface area contributed by atoms with E-state index in [1.807, 2.05) is 18.3 Å². The number of nitrogens with one attached hydrogen (secondary N) is 2. The summed E-state index contributed by atoms with van der Waals surface area (Å²) in [6.07, 6.45) is 7.94. The molecule has 4 heteroatoms. The molecule has 0 aliphatic heterocycles. The minimum absolute atomic E-state index is 0.163. The summed E-state index contributed by atoms with van der Waals surface area (Å²) in [5, 5.41) is 6.98. The highest BCUT2D eigenvalue weighted by molar-refractivity contribution is 5.49. The third-order valence-electron chi connectivity index (χ3n) is 5.07. The maximum atomic E-state index is 12.9. The molecule has 0 amide bonds. The van der Waals surface area contributed by atoms with Gasteiger partial charge in [-0.15, -0.1) is 0 Å². The van der Waals surface area contributed by atoms with Crippen molar-refractivity contribution in [3.8, 4) is 0 Å². The van der Waals surface area contributed by atoms with E-state index >= 15 is 0 Å². The van der Waals surface area contributed by atoms with Gasteiger partial charge >= 0.3 is 0 Å². The summed E-state index contributed by atoms with van der Waals surface area (Å²) >= 11 is 0. The maximum Gasteiger partial charge on any atom is 0.126 e. The first kappa shape index (κ1) is 14.5. The number of halogens is 1. The summed E-state index contributed by atoms with van der Waals surface area (Å²) in [5.41, 5.74) is 2.31. The van der Waals surface area contributed by atoms with Crippen LogP contribution < -0.4 is 10.6 Å². The Bertz CT molecular complexity index is 643. The van der Waals surface area contributed by atoms with Gasteiger partial charge in [-0.1, -0.05) is 12.1 Å². The molecule has 3 nitrogen and oxygen atoms in total. The van der Waals surface area contributed by atoms with Crippen molar-refractivity contribution in [1.29, 1.82) is 0 Å². The zero-order valence-electron chi connectivity index (χ0n) is 13.1. The smallest absolute Gasteiger partial charge is 0.126 e. The molecule has 0 spiro atoms. The van der Waals surface area contributed by atoms with Crippen molar-refractivity contribution in [2.45, 2.75) is 50.1 Å². The number of benzene rings is 1. The van der Waals surface area contributed by atoms with Crippen molar-refractivity contribution in [3.63, 3.8) is 0 Å². The Kier molecular flexibility index (Phi) is 3.90. The minimum atomic E-state index is -0.163. The third-order valence-corrected chi connectivity index (χ3v) is 5.07. The van der Waals surface area contributed by atoms with E-state index in [1.54, 1.807) is 12.1 Å². The van der Waals surface area contributed by atoms with Gasteiger partial charge in [0, 0.05) is 12.1 Å². The first-order chi connectivity index (χ1) is 11.3. The Hall–Kier alpha value is -2.10. The Morgan fingerprint density at radius 2 is 1.70 bits per heavy atom. The molecule has 0 radical (unpaired) electrons. The third kappa shape index (κ3) is 3.31. The summed E-state index contributed by atoms with van der Waals surface area (Å²) in [4.78, 5) is 4.48. The predicted octanol–water partition coefficient (Wildman–Crippen LogP) is 4.54. The standard InChI is InChI=1S/C19H22FN3/c20-15-6-4-13(5-7-15)14-10-18(11-14)22-17-8-9-19(21-12-17)23-16-2-1-3-16/h4-9,12,14,16,18,22H,1-3,10-11H2,(H,21,23). The normalized spacial score (nSPS) is 23.7. The van der Waals surface area contributed by atoms with Gasteiger partial charge in [0.2, 0.25) is 0 Å². The Morgan fingerprint density at radius 1 is 0.913 bits per heavy atom. The van der Waals surface area contributed by atoms with Gasteiger partial charge in [-0.2, -0.15) is 0 Å². The van der Waals surface area contributed by atoms with Crippen molar-refractivity contribution in [2.24, 2.45) is 0 Å². The number of hydrogen-bond donors (Lipinski definition) is 2. The van der Waals surface area contributed by atoms with E-state index in [0.717, 1.165) is 24.3 Å². The summed E-state index contributed by atoms with van der Waals surface area (Å²) < 4.78 is 12.9. The van der Waals surface area contributed by atoms with Crippen molar-refractivity contribution in [3.05, 3.63) is 54.0 Å². The van der Waals surface area contributed by atoms with Crippen LogP contribution >= 0.6 is 0 Å². The molecule has 2 fully saturated rings. The van der Waals surface area contributed by atoms with E-state index < -0.39 is 0 Å². The number of hydrogen-bond acceptors (Lipinski definition) is 3. The Morgan fingerprint density at radius 3 is 2.30 bits per heavy atom. The zero-order valence-corrected chi connectivity index (χ0v) is 13.1. The van der Waals surface area contributed by atoms with E-state index in [4.69, 9.17) is 0 Å². The summed E-state index contributed by atoms with van der Waals surface area (Å²) in [7, 11) is 0. The van der Waals surface area contributed by atoms with Crippen molar-refractivity contribution < 1.29 is 4.39 Å². The lowest BCUT2D eigenvalue weighted by molar-refractivity contribution is 0.374. The van der Waals surface area contributed by atoms with E-state index in [2.05, 4.69) is 27.8 Å². The fraction of sp³-hybridized carbons (Fsp3) is 0.421. The SMILES string of the molecule is Fc1ccc(C2CC(Nc3ccc(NC4CCC4)nc3)C2)cc1. The van der Waals surface area contributed by atoms with Crippen LogP contribution in [0.5, 0.6) is 0 Å². The molecule has 2 aliphatic rings. The Labute approximate surface area is 136 Å². The summed E-state index contributed by atoms with van der Waals surface area (Å²) in [5.74, 6) is 1.35. The lowest BCUT2D eigenvalue weighted by atomic mass is 9.76. The highest BCUT2D eigenvalue weighted by atomic mass is 19.1. The average molecular weight is 311 g/mol. The lowest BCUT2D eigenvalue weighted by Crippen LogP contribution is -2.34. The van der Waals surface area contributed by atoms with Gasteiger partial charge in [-0.05, 0) is 67.9 Å². The maximum absolute atomic E-state index is 12.9. The molecule has 1 aromatic carbocycles. The number of aromatic nitrogens is 1. The highest BCUT2D eigenvalue weighted by Gasteiger charge is 2.30. The lowest BCUT2D eigenvalue weighted by Gasteiger charge is -2.37. The van der Waals surface area contributed by atoms with Crippen LogP contribution in [0.4, 0.5) is 15.9 Å². The van der Waals surface area contributed by atoms with Crippen molar-refractivity contribution in [2.75, 3.05) is 10.6 Å². The fourth-order valence-electron chi connectivity index (χ4n) is 3.30. The average Bonchev–Trinajstić information content (AvgIpc) is 2.49. The van der Waals surface area contributed by atoms with Gasteiger partial charge in [0.1, 0.15) is 11.6 Å². The molecule has 2 saturated carbocycles. The molecule has 0 unspecified atom stereocenters. The zero-order chi connectivity index (χ0) is 15.6. The molecule has 120 valence electrons. The molecular formula is C19H22FN3.